The molecule has 27 heavy (non-hydrogen) atoms. The van der Waals surface area contributed by atoms with Gasteiger partial charge in [0.1, 0.15) is 6.10 Å². The topological polar surface area (TPSA) is 46.5 Å². The van der Waals surface area contributed by atoms with Gasteiger partial charge in [-0.05, 0) is 67.6 Å². The van der Waals surface area contributed by atoms with Crippen molar-refractivity contribution in [3.63, 3.8) is 0 Å². The minimum absolute atomic E-state index is 0.000947. The first-order chi connectivity index (χ1) is 12.7. The number of rotatable bonds is 2. The number of esters is 1. The summed E-state index contributed by atoms with van der Waals surface area (Å²) in [6, 6.07) is 0. The molecule has 0 bridgehead atoms. The van der Waals surface area contributed by atoms with Gasteiger partial charge in [0.2, 0.25) is 0 Å². The van der Waals surface area contributed by atoms with Crippen LogP contribution < -0.4 is 0 Å². The van der Waals surface area contributed by atoms with E-state index < -0.39 is 0 Å². The third kappa shape index (κ3) is 2.92. The molecule has 3 fully saturated rings. The average Bonchev–Trinajstić information content (AvgIpc) is 2.87. The molecule has 4 heteroatoms. The third-order valence-electron chi connectivity index (χ3n) is 8.89. The Balaban J connectivity index is 1.66. The van der Waals surface area contributed by atoms with Crippen LogP contribution in [-0.4, -0.2) is 28.5 Å². The predicted octanol–water partition coefficient (Wildman–Crippen LogP) is 4.79. The monoisotopic (exact) mass is 392 g/mol. The highest BCUT2D eigenvalue weighted by molar-refractivity contribution is 7.81. The van der Waals surface area contributed by atoms with E-state index in [1.54, 1.807) is 0 Å². The fourth-order valence-corrected chi connectivity index (χ4v) is 7.78. The van der Waals surface area contributed by atoms with Crippen molar-refractivity contribution in [1.82, 2.24) is 0 Å². The minimum atomic E-state index is -0.273. The van der Waals surface area contributed by atoms with E-state index in [0.29, 0.717) is 35.3 Å². The Morgan fingerprint density at radius 1 is 1.30 bits per heavy atom. The van der Waals surface area contributed by atoms with E-state index in [4.69, 9.17) is 17.4 Å². The Morgan fingerprint density at radius 3 is 2.74 bits per heavy atom. The van der Waals surface area contributed by atoms with Gasteiger partial charge in [-0.1, -0.05) is 39.3 Å². The lowest BCUT2D eigenvalue weighted by Crippen LogP contribution is -2.56. The van der Waals surface area contributed by atoms with Crippen LogP contribution in [0.1, 0.15) is 72.6 Å². The van der Waals surface area contributed by atoms with Gasteiger partial charge in [-0.25, -0.2) is 0 Å². The molecule has 0 aliphatic heterocycles. The molecule has 1 N–H and O–H groups in total. The quantitative estimate of drug-likeness (QED) is 0.404. The molecule has 0 heterocycles. The van der Waals surface area contributed by atoms with Crippen LogP contribution in [0.25, 0.3) is 0 Å². The second-order valence-electron chi connectivity index (χ2n) is 10.3. The van der Waals surface area contributed by atoms with E-state index in [-0.39, 0.29) is 29.0 Å². The second-order valence-corrected chi connectivity index (χ2v) is 11.0. The van der Waals surface area contributed by atoms with Crippen molar-refractivity contribution in [3.8, 4) is 0 Å². The molecule has 4 aliphatic rings. The Kier molecular flexibility index (Phi) is 4.99. The van der Waals surface area contributed by atoms with Crippen molar-refractivity contribution in [2.24, 2.45) is 34.5 Å². The summed E-state index contributed by atoms with van der Waals surface area (Å²) in [5.74, 6) is 1.61. The molecule has 0 aromatic carbocycles. The lowest BCUT2D eigenvalue weighted by atomic mass is 9.46. The zero-order chi connectivity index (χ0) is 19.6. The SMILES string of the molecule is CCC(=O)OC1[C@H](C)CC2C3C(CC[C@@]21C)[C@@]1(C)CC[C@H](S)C=C1C[C@@H]3O. The van der Waals surface area contributed by atoms with E-state index in [1.165, 1.54) is 12.0 Å². The number of carbonyl (C=O) groups excluding carboxylic acids is 1. The first-order valence-electron chi connectivity index (χ1n) is 11.0. The van der Waals surface area contributed by atoms with Crippen molar-refractivity contribution in [2.75, 3.05) is 0 Å². The smallest absolute Gasteiger partial charge is 0.305 e. The normalized spacial score (nSPS) is 51.6. The highest BCUT2D eigenvalue weighted by Crippen LogP contribution is 2.66. The molecule has 4 aliphatic carbocycles. The van der Waals surface area contributed by atoms with E-state index in [9.17, 15) is 9.90 Å². The zero-order valence-electron chi connectivity index (χ0n) is 17.3. The molecule has 3 saturated carbocycles. The van der Waals surface area contributed by atoms with Crippen LogP contribution in [0, 0.1) is 34.5 Å². The fourth-order valence-electron chi connectivity index (χ4n) is 7.47. The highest BCUT2D eigenvalue weighted by atomic mass is 32.1. The van der Waals surface area contributed by atoms with Crippen molar-refractivity contribution in [3.05, 3.63) is 11.6 Å². The number of hydrogen-bond acceptors (Lipinski definition) is 4. The Morgan fingerprint density at radius 2 is 2.04 bits per heavy atom. The Labute approximate surface area is 169 Å². The second kappa shape index (κ2) is 6.79. The van der Waals surface area contributed by atoms with Crippen molar-refractivity contribution in [2.45, 2.75) is 90.1 Å². The Bertz CT molecular complexity index is 646. The van der Waals surface area contributed by atoms with Gasteiger partial charge in [0.25, 0.3) is 0 Å². The maximum Gasteiger partial charge on any atom is 0.305 e. The summed E-state index contributed by atoms with van der Waals surface area (Å²) >= 11 is 4.69. The van der Waals surface area contributed by atoms with Crippen LogP contribution >= 0.6 is 12.6 Å². The van der Waals surface area contributed by atoms with Gasteiger partial charge in [0.05, 0.1) is 6.10 Å². The molecular weight excluding hydrogens is 356 g/mol. The molecular formula is C23H36O3S. The third-order valence-corrected chi connectivity index (χ3v) is 9.30. The molecule has 0 saturated heterocycles. The first-order valence-corrected chi connectivity index (χ1v) is 11.5. The van der Waals surface area contributed by atoms with Gasteiger partial charge >= 0.3 is 5.97 Å². The molecule has 0 amide bonds. The van der Waals surface area contributed by atoms with Crippen LogP contribution in [0.15, 0.2) is 11.6 Å². The van der Waals surface area contributed by atoms with E-state index >= 15 is 0 Å². The van der Waals surface area contributed by atoms with Gasteiger partial charge in [-0.15, -0.1) is 0 Å². The van der Waals surface area contributed by atoms with Crippen LogP contribution in [0.5, 0.6) is 0 Å². The van der Waals surface area contributed by atoms with E-state index in [0.717, 1.165) is 32.1 Å². The number of aliphatic hydroxyl groups excluding tert-OH is 1. The zero-order valence-corrected chi connectivity index (χ0v) is 18.2. The summed E-state index contributed by atoms with van der Waals surface area (Å²) in [6.45, 7) is 8.88. The van der Waals surface area contributed by atoms with E-state index in [2.05, 4.69) is 26.8 Å². The van der Waals surface area contributed by atoms with Gasteiger partial charge < -0.3 is 9.84 Å². The fraction of sp³-hybridized carbons (Fsp3) is 0.870. The van der Waals surface area contributed by atoms with Crippen LogP contribution in [0.4, 0.5) is 0 Å². The molecule has 4 unspecified atom stereocenters. The summed E-state index contributed by atoms with van der Waals surface area (Å²) in [7, 11) is 0. The lowest BCUT2D eigenvalue weighted by Gasteiger charge is -2.59. The summed E-state index contributed by atoms with van der Waals surface area (Å²) < 4.78 is 5.96. The molecule has 9 atom stereocenters. The molecule has 0 aromatic heterocycles. The molecule has 4 rings (SSSR count). The number of hydrogen-bond donors (Lipinski definition) is 2. The highest BCUT2D eigenvalue weighted by Gasteiger charge is 2.63. The summed E-state index contributed by atoms with van der Waals surface area (Å²) in [5.41, 5.74) is 1.67. The average molecular weight is 393 g/mol. The van der Waals surface area contributed by atoms with Crippen molar-refractivity contribution in [1.29, 1.82) is 0 Å². The maximum absolute atomic E-state index is 12.1. The molecule has 0 spiro atoms. The summed E-state index contributed by atoms with van der Waals surface area (Å²) in [6.07, 6.45) is 8.93. The number of thiol groups is 1. The van der Waals surface area contributed by atoms with Crippen LogP contribution in [0.3, 0.4) is 0 Å². The van der Waals surface area contributed by atoms with E-state index in [1.807, 2.05) is 6.92 Å². The first kappa shape index (κ1) is 19.8. The van der Waals surface area contributed by atoms with Crippen LogP contribution in [0.2, 0.25) is 0 Å². The largest absolute Gasteiger partial charge is 0.461 e. The van der Waals surface area contributed by atoms with Crippen LogP contribution in [-0.2, 0) is 9.53 Å². The lowest BCUT2D eigenvalue weighted by molar-refractivity contribution is -0.165. The number of aliphatic hydroxyl groups is 1. The van der Waals surface area contributed by atoms with Gasteiger partial charge in [0, 0.05) is 17.1 Å². The molecule has 152 valence electrons. The maximum atomic E-state index is 12.1. The van der Waals surface area contributed by atoms with Gasteiger partial charge in [0.15, 0.2) is 0 Å². The van der Waals surface area contributed by atoms with Crippen molar-refractivity contribution < 1.29 is 14.6 Å². The predicted molar refractivity (Wildman–Crippen MR) is 111 cm³/mol. The summed E-state index contributed by atoms with van der Waals surface area (Å²) in [4.78, 5) is 12.1. The van der Waals surface area contributed by atoms with Gasteiger partial charge in [-0.3, -0.25) is 4.79 Å². The van der Waals surface area contributed by atoms with Crippen molar-refractivity contribution >= 4 is 18.6 Å². The number of carbonyl (C=O) groups is 1. The molecule has 0 aromatic rings. The number of fused-ring (bicyclic) bond motifs is 5. The standard InChI is InChI=1S/C23H36O3S/c1-5-19(25)26-21-13(2)10-17-20-16(7-9-23(17,21)4)22(3)8-6-15(27)11-14(22)12-18(20)24/h11,13,15-18,20-21,24,27H,5-10,12H2,1-4H3/t13-,15+,16?,17?,18+,20?,21?,22+,23+/m1/s1. The minimum Gasteiger partial charge on any atom is -0.461 e. The molecule has 0 radical (unpaired) electrons. The molecule has 3 nitrogen and oxygen atoms in total. The summed E-state index contributed by atoms with van der Waals surface area (Å²) in [5, 5.41) is 11.6. The Hall–Kier alpha value is -0.480. The van der Waals surface area contributed by atoms with Gasteiger partial charge in [-0.2, -0.15) is 12.6 Å². The number of ether oxygens (including phenoxy) is 1.